The minimum absolute atomic E-state index is 0.0216. The van der Waals surface area contributed by atoms with Gasteiger partial charge in [0.05, 0.1) is 4.92 Å². The van der Waals surface area contributed by atoms with Crippen molar-refractivity contribution in [2.24, 2.45) is 0 Å². The summed E-state index contributed by atoms with van der Waals surface area (Å²) in [4.78, 5) is 10.1. The number of non-ortho nitro benzene ring substituents is 1. The van der Waals surface area contributed by atoms with Crippen molar-refractivity contribution >= 4 is 5.69 Å². The van der Waals surface area contributed by atoms with Crippen LogP contribution in [0.4, 0.5) is 5.69 Å². The number of benzene rings is 1. The fourth-order valence-corrected chi connectivity index (χ4v) is 1.43. The lowest BCUT2D eigenvalue weighted by atomic mass is 9.84. The van der Waals surface area contributed by atoms with E-state index in [-0.39, 0.29) is 11.1 Å². The topological polar surface area (TPSA) is 43.1 Å². The van der Waals surface area contributed by atoms with E-state index < -0.39 is 4.92 Å². The monoisotopic (exact) mass is 192 g/mol. The van der Waals surface area contributed by atoms with Crippen LogP contribution in [0.5, 0.6) is 0 Å². The van der Waals surface area contributed by atoms with Crippen LogP contribution in [-0.4, -0.2) is 4.92 Å². The maximum atomic E-state index is 10.5. The van der Waals surface area contributed by atoms with Crippen LogP contribution in [0, 0.1) is 17.0 Å². The summed E-state index contributed by atoms with van der Waals surface area (Å²) in [6.07, 6.45) is 0. The van der Waals surface area contributed by atoms with E-state index in [4.69, 9.17) is 0 Å². The zero-order valence-corrected chi connectivity index (χ0v) is 8.70. The van der Waals surface area contributed by atoms with E-state index in [9.17, 15) is 10.1 Å². The van der Waals surface area contributed by atoms with Crippen LogP contribution in [-0.2, 0) is 5.41 Å². The SMILES string of the molecule is [CH2]c1cc([N+](=O)[O-])ccc1C(C)(C)C. The lowest BCUT2D eigenvalue weighted by molar-refractivity contribution is -0.384. The van der Waals surface area contributed by atoms with Crippen LogP contribution < -0.4 is 0 Å². The summed E-state index contributed by atoms with van der Waals surface area (Å²) >= 11 is 0. The lowest BCUT2D eigenvalue weighted by Crippen LogP contribution is -2.12. The van der Waals surface area contributed by atoms with E-state index in [1.54, 1.807) is 6.07 Å². The molecule has 0 bridgehead atoms. The van der Waals surface area contributed by atoms with E-state index in [2.05, 4.69) is 27.7 Å². The molecule has 0 aliphatic heterocycles. The summed E-state index contributed by atoms with van der Waals surface area (Å²) in [5, 5.41) is 10.5. The first-order chi connectivity index (χ1) is 6.32. The molecule has 0 heterocycles. The molecule has 0 N–H and O–H groups in total. The van der Waals surface area contributed by atoms with Crippen LogP contribution in [0.25, 0.3) is 0 Å². The fourth-order valence-electron chi connectivity index (χ4n) is 1.43. The van der Waals surface area contributed by atoms with Gasteiger partial charge in [0.25, 0.3) is 5.69 Å². The van der Waals surface area contributed by atoms with Crippen molar-refractivity contribution in [3.63, 3.8) is 0 Å². The Labute approximate surface area is 83.9 Å². The fraction of sp³-hybridized carbons (Fsp3) is 0.364. The molecule has 1 rings (SSSR count). The average molecular weight is 192 g/mol. The highest BCUT2D eigenvalue weighted by Gasteiger charge is 2.18. The van der Waals surface area contributed by atoms with Crippen molar-refractivity contribution in [1.82, 2.24) is 0 Å². The van der Waals surface area contributed by atoms with Crippen LogP contribution in [0.3, 0.4) is 0 Å². The molecule has 0 aliphatic carbocycles. The molecule has 0 amide bonds. The van der Waals surface area contributed by atoms with Gasteiger partial charge in [-0.05, 0) is 23.5 Å². The van der Waals surface area contributed by atoms with Gasteiger partial charge < -0.3 is 0 Å². The van der Waals surface area contributed by atoms with E-state index in [0.29, 0.717) is 0 Å². The number of rotatable bonds is 1. The van der Waals surface area contributed by atoms with Gasteiger partial charge in [-0.3, -0.25) is 10.1 Å². The third-order valence-corrected chi connectivity index (χ3v) is 2.11. The third-order valence-electron chi connectivity index (χ3n) is 2.11. The molecule has 0 fully saturated rings. The molecule has 1 radical (unpaired) electrons. The quantitative estimate of drug-likeness (QED) is 0.507. The Kier molecular flexibility index (Phi) is 2.60. The Morgan fingerprint density at radius 3 is 2.29 bits per heavy atom. The van der Waals surface area contributed by atoms with Crippen molar-refractivity contribution in [3.8, 4) is 0 Å². The zero-order valence-electron chi connectivity index (χ0n) is 8.70. The predicted octanol–water partition coefficient (Wildman–Crippen LogP) is 3.07. The maximum Gasteiger partial charge on any atom is 0.269 e. The van der Waals surface area contributed by atoms with E-state index in [1.807, 2.05) is 0 Å². The number of nitro benzene ring substituents is 1. The largest absolute Gasteiger partial charge is 0.269 e. The lowest BCUT2D eigenvalue weighted by Gasteiger charge is -2.21. The molecule has 0 saturated carbocycles. The minimum atomic E-state index is -0.402. The molecule has 14 heavy (non-hydrogen) atoms. The summed E-state index contributed by atoms with van der Waals surface area (Å²) in [5.41, 5.74) is 1.85. The van der Waals surface area contributed by atoms with Gasteiger partial charge in [0.1, 0.15) is 0 Å². The Balaban J connectivity index is 3.21. The first-order valence-corrected chi connectivity index (χ1v) is 4.43. The zero-order chi connectivity index (χ0) is 10.9. The third kappa shape index (κ3) is 2.10. The van der Waals surface area contributed by atoms with Crippen molar-refractivity contribution in [2.45, 2.75) is 26.2 Å². The summed E-state index contributed by atoms with van der Waals surface area (Å²) in [5.74, 6) is 0. The summed E-state index contributed by atoms with van der Waals surface area (Å²) < 4.78 is 0. The molecular formula is C11H14NO2. The van der Waals surface area contributed by atoms with Gasteiger partial charge in [-0.2, -0.15) is 0 Å². The number of hydrogen-bond donors (Lipinski definition) is 0. The molecule has 0 aromatic heterocycles. The highest BCUT2D eigenvalue weighted by molar-refractivity contribution is 5.44. The van der Waals surface area contributed by atoms with E-state index in [0.717, 1.165) is 11.1 Å². The smallest absolute Gasteiger partial charge is 0.258 e. The van der Waals surface area contributed by atoms with Crippen LogP contribution >= 0.6 is 0 Å². The second kappa shape index (κ2) is 3.40. The molecule has 0 unspecified atom stereocenters. The normalized spacial score (nSPS) is 11.4. The Bertz CT molecular complexity index is 364. The van der Waals surface area contributed by atoms with Crippen molar-refractivity contribution in [1.29, 1.82) is 0 Å². The van der Waals surface area contributed by atoms with Crippen LogP contribution in [0.2, 0.25) is 0 Å². The van der Waals surface area contributed by atoms with Gasteiger partial charge in [-0.1, -0.05) is 26.8 Å². The number of nitro groups is 1. The number of nitrogens with zero attached hydrogens (tertiary/aromatic N) is 1. The Morgan fingerprint density at radius 2 is 1.93 bits per heavy atom. The Morgan fingerprint density at radius 1 is 1.36 bits per heavy atom. The molecule has 0 saturated heterocycles. The second-order valence-corrected chi connectivity index (χ2v) is 4.35. The van der Waals surface area contributed by atoms with Gasteiger partial charge in [0, 0.05) is 12.1 Å². The molecule has 3 heteroatoms. The number of hydrogen-bond acceptors (Lipinski definition) is 2. The van der Waals surface area contributed by atoms with Crippen molar-refractivity contribution in [3.05, 3.63) is 46.4 Å². The molecule has 1 aromatic rings. The first kappa shape index (κ1) is 10.7. The molecule has 0 atom stereocenters. The summed E-state index contributed by atoms with van der Waals surface area (Å²) in [6, 6.07) is 4.82. The van der Waals surface area contributed by atoms with Gasteiger partial charge in [-0.15, -0.1) is 0 Å². The van der Waals surface area contributed by atoms with Gasteiger partial charge in [0.15, 0.2) is 0 Å². The summed E-state index contributed by atoms with van der Waals surface area (Å²) in [7, 11) is 0. The molecular weight excluding hydrogens is 178 g/mol. The van der Waals surface area contributed by atoms with E-state index >= 15 is 0 Å². The Hall–Kier alpha value is -1.38. The van der Waals surface area contributed by atoms with Gasteiger partial charge in [0.2, 0.25) is 0 Å². The minimum Gasteiger partial charge on any atom is -0.258 e. The molecule has 0 spiro atoms. The van der Waals surface area contributed by atoms with Gasteiger partial charge in [-0.25, -0.2) is 0 Å². The highest BCUT2D eigenvalue weighted by atomic mass is 16.6. The van der Waals surface area contributed by atoms with Crippen LogP contribution in [0.15, 0.2) is 18.2 Å². The highest BCUT2D eigenvalue weighted by Crippen LogP contribution is 2.27. The molecule has 75 valence electrons. The average Bonchev–Trinajstić information content (AvgIpc) is 2.01. The van der Waals surface area contributed by atoms with E-state index in [1.165, 1.54) is 12.1 Å². The maximum absolute atomic E-state index is 10.5. The summed E-state index contributed by atoms with van der Waals surface area (Å²) in [6.45, 7) is 10.0. The van der Waals surface area contributed by atoms with Gasteiger partial charge >= 0.3 is 0 Å². The first-order valence-electron chi connectivity index (χ1n) is 4.43. The molecule has 0 aliphatic rings. The standard InChI is InChI=1S/C11H14NO2/c1-8-7-9(12(13)14)5-6-10(8)11(2,3)4/h5-7H,1H2,2-4H3. The van der Waals surface area contributed by atoms with Crippen molar-refractivity contribution < 1.29 is 4.92 Å². The van der Waals surface area contributed by atoms with Crippen molar-refractivity contribution in [2.75, 3.05) is 0 Å². The molecule has 3 nitrogen and oxygen atoms in total. The molecule has 1 aromatic carbocycles. The second-order valence-electron chi connectivity index (χ2n) is 4.35. The predicted molar refractivity (Wildman–Crippen MR) is 56.3 cm³/mol. The van der Waals surface area contributed by atoms with Crippen LogP contribution in [0.1, 0.15) is 31.9 Å².